The summed E-state index contributed by atoms with van der Waals surface area (Å²) in [5.74, 6) is 0.693. The van der Waals surface area contributed by atoms with Crippen LogP contribution in [-0.4, -0.2) is 17.7 Å². The summed E-state index contributed by atoms with van der Waals surface area (Å²) in [6.45, 7) is 0. The average molecular weight is 307 g/mol. The Morgan fingerprint density at radius 3 is 2.30 bits per heavy atom. The van der Waals surface area contributed by atoms with Crippen molar-refractivity contribution in [2.75, 3.05) is 17.7 Å². The average Bonchev–Trinajstić information content (AvgIpc) is 3.10. The van der Waals surface area contributed by atoms with E-state index in [9.17, 15) is 4.79 Å². The predicted molar refractivity (Wildman–Crippen MR) is 91.4 cm³/mol. The van der Waals surface area contributed by atoms with Crippen LogP contribution in [0.15, 0.2) is 73.1 Å². The highest BCUT2D eigenvalue weighted by atomic mass is 16.5. The molecule has 0 spiro atoms. The van der Waals surface area contributed by atoms with Crippen molar-refractivity contribution in [2.45, 2.75) is 0 Å². The molecule has 0 saturated carbocycles. The van der Waals surface area contributed by atoms with Crippen LogP contribution in [-0.2, 0) is 0 Å². The van der Waals surface area contributed by atoms with E-state index < -0.39 is 0 Å². The van der Waals surface area contributed by atoms with Crippen LogP contribution < -0.4 is 15.4 Å². The molecular weight excluding hydrogens is 290 g/mol. The summed E-state index contributed by atoms with van der Waals surface area (Å²) < 4.78 is 7.13. The SMILES string of the molecule is COc1cccc(NC(=O)Nc2ccc(-n3cccc3)cc2)c1. The first kappa shape index (κ1) is 14.7. The molecule has 0 unspecified atom stereocenters. The summed E-state index contributed by atoms with van der Waals surface area (Å²) in [6, 6.07) is 18.5. The van der Waals surface area contributed by atoms with Gasteiger partial charge < -0.3 is 19.9 Å². The number of aromatic nitrogens is 1. The van der Waals surface area contributed by atoms with Gasteiger partial charge >= 0.3 is 6.03 Å². The summed E-state index contributed by atoms with van der Waals surface area (Å²) in [4.78, 5) is 12.0. The third kappa shape index (κ3) is 3.71. The molecule has 5 nitrogen and oxygen atoms in total. The van der Waals surface area contributed by atoms with Gasteiger partial charge in [-0.2, -0.15) is 0 Å². The number of hydrogen-bond acceptors (Lipinski definition) is 2. The van der Waals surface area contributed by atoms with Gasteiger partial charge in [0.25, 0.3) is 0 Å². The molecule has 0 saturated heterocycles. The van der Waals surface area contributed by atoms with Crippen LogP contribution in [0, 0.1) is 0 Å². The predicted octanol–water partition coefficient (Wildman–Crippen LogP) is 4.13. The fourth-order valence-corrected chi connectivity index (χ4v) is 2.22. The highest BCUT2D eigenvalue weighted by molar-refractivity contribution is 5.99. The molecule has 2 amide bonds. The van der Waals surface area contributed by atoms with Crippen molar-refractivity contribution < 1.29 is 9.53 Å². The van der Waals surface area contributed by atoms with E-state index >= 15 is 0 Å². The summed E-state index contributed by atoms with van der Waals surface area (Å²) in [6.07, 6.45) is 3.94. The minimum Gasteiger partial charge on any atom is -0.497 e. The molecule has 0 radical (unpaired) electrons. The zero-order valence-corrected chi connectivity index (χ0v) is 12.7. The standard InChI is InChI=1S/C18H17N3O2/c1-23-17-6-4-5-15(13-17)20-18(22)19-14-7-9-16(10-8-14)21-11-2-3-12-21/h2-13H,1H3,(H2,19,20,22). The summed E-state index contributed by atoms with van der Waals surface area (Å²) in [5.41, 5.74) is 2.43. The Hall–Kier alpha value is -3.21. The van der Waals surface area contributed by atoms with Gasteiger partial charge in [-0.15, -0.1) is 0 Å². The summed E-state index contributed by atoms with van der Waals surface area (Å²) >= 11 is 0. The molecule has 2 aromatic carbocycles. The molecule has 116 valence electrons. The summed E-state index contributed by atoms with van der Waals surface area (Å²) in [5, 5.41) is 5.57. The van der Waals surface area contributed by atoms with Crippen molar-refractivity contribution in [2.24, 2.45) is 0 Å². The number of benzene rings is 2. The maximum Gasteiger partial charge on any atom is 0.323 e. The number of ether oxygens (including phenoxy) is 1. The lowest BCUT2D eigenvalue weighted by atomic mass is 10.2. The fraction of sp³-hybridized carbons (Fsp3) is 0.0556. The molecule has 2 N–H and O–H groups in total. The number of carbonyl (C=O) groups is 1. The van der Waals surface area contributed by atoms with Crippen LogP contribution in [0.4, 0.5) is 16.2 Å². The van der Waals surface area contributed by atoms with Gasteiger partial charge in [0.1, 0.15) is 5.75 Å². The van der Waals surface area contributed by atoms with E-state index in [1.807, 2.05) is 65.5 Å². The van der Waals surface area contributed by atoms with Crippen LogP contribution in [0.5, 0.6) is 5.75 Å². The molecule has 3 rings (SSSR count). The maximum absolute atomic E-state index is 12.0. The number of amides is 2. The van der Waals surface area contributed by atoms with Gasteiger partial charge in [0.2, 0.25) is 0 Å². The molecule has 5 heteroatoms. The smallest absolute Gasteiger partial charge is 0.323 e. The molecule has 0 atom stereocenters. The lowest BCUT2D eigenvalue weighted by molar-refractivity contribution is 0.262. The van der Waals surface area contributed by atoms with Crippen molar-refractivity contribution in [3.8, 4) is 11.4 Å². The van der Waals surface area contributed by atoms with E-state index in [-0.39, 0.29) is 6.03 Å². The van der Waals surface area contributed by atoms with Crippen LogP contribution in [0.2, 0.25) is 0 Å². The number of rotatable bonds is 4. The molecule has 1 heterocycles. The molecule has 1 aromatic heterocycles. The Kier molecular flexibility index (Phi) is 4.29. The lowest BCUT2D eigenvalue weighted by Crippen LogP contribution is -2.19. The zero-order valence-electron chi connectivity index (χ0n) is 12.7. The van der Waals surface area contributed by atoms with Gasteiger partial charge in [-0.25, -0.2) is 4.79 Å². The second kappa shape index (κ2) is 6.70. The Balaban J connectivity index is 1.63. The van der Waals surface area contributed by atoms with Crippen LogP contribution in [0.25, 0.3) is 5.69 Å². The normalized spacial score (nSPS) is 10.1. The monoisotopic (exact) mass is 307 g/mol. The Morgan fingerprint density at radius 2 is 1.61 bits per heavy atom. The van der Waals surface area contributed by atoms with Crippen molar-refractivity contribution in [1.29, 1.82) is 0 Å². The summed E-state index contributed by atoms with van der Waals surface area (Å²) in [7, 11) is 1.59. The molecule has 0 aliphatic rings. The number of hydrogen-bond donors (Lipinski definition) is 2. The van der Waals surface area contributed by atoms with E-state index in [2.05, 4.69) is 10.6 Å². The molecule has 3 aromatic rings. The van der Waals surface area contributed by atoms with Crippen molar-refractivity contribution >= 4 is 17.4 Å². The quantitative estimate of drug-likeness (QED) is 0.761. The van der Waals surface area contributed by atoms with Crippen molar-refractivity contribution in [3.05, 3.63) is 73.1 Å². The van der Waals surface area contributed by atoms with E-state index in [0.717, 1.165) is 11.4 Å². The number of anilines is 2. The fourth-order valence-electron chi connectivity index (χ4n) is 2.22. The van der Waals surface area contributed by atoms with Gasteiger partial charge in [-0.3, -0.25) is 0 Å². The molecular formula is C18H17N3O2. The van der Waals surface area contributed by atoms with Crippen molar-refractivity contribution in [3.63, 3.8) is 0 Å². The number of urea groups is 1. The first-order valence-electron chi connectivity index (χ1n) is 7.20. The highest BCUT2D eigenvalue weighted by Gasteiger charge is 2.04. The number of nitrogens with zero attached hydrogens (tertiary/aromatic N) is 1. The Labute approximate surface area is 134 Å². The third-order valence-electron chi connectivity index (χ3n) is 3.36. The van der Waals surface area contributed by atoms with Crippen LogP contribution in [0.3, 0.4) is 0 Å². The van der Waals surface area contributed by atoms with E-state index in [1.54, 1.807) is 19.2 Å². The van der Waals surface area contributed by atoms with E-state index in [4.69, 9.17) is 4.74 Å². The Morgan fingerprint density at radius 1 is 0.913 bits per heavy atom. The largest absolute Gasteiger partial charge is 0.497 e. The van der Waals surface area contributed by atoms with Crippen molar-refractivity contribution in [1.82, 2.24) is 4.57 Å². The number of carbonyl (C=O) groups excluding carboxylic acids is 1. The second-order valence-electron chi connectivity index (χ2n) is 4.95. The minimum absolute atomic E-state index is 0.299. The third-order valence-corrected chi connectivity index (χ3v) is 3.36. The van der Waals surface area contributed by atoms with E-state index in [0.29, 0.717) is 11.4 Å². The van der Waals surface area contributed by atoms with Gasteiger partial charge in [-0.1, -0.05) is 6.07 Å². The molecule has 0 fully saturated rings. The first-order valence-corrected chi connectivity index (χ1v) is 7.20. The Bertz CT molecular complexity index is 780. The number of nitrogens with one attached hydrogen (secondary N) is 2. The lowest BCUT2D eigenvalue weighted by Gasteiger charge is -2.09. The highest BCUT2D eigenvalue weighted by Crippen LogP contribution is 2.18. The molecule has 23 heavy (non-hydrogen) atoms. The van der Waals surface area contributed by atoms with E-state index in [1.165, 1.54) is 0 Å². The van der Waals surface area contributed by atoms with Gasteiger partial charge in [0, 0.05) is 35.5 Å². The molecule has 0 aliphatic heterocycles. The second-order valence-corrected chi connectivity index (χ2v) is 4.95. The van der Waals surface area contributed by atoms with Crippen LogP contribution >= 0.6 is 0 Å². The van der Waals surface area contributed by atoms with Gasteiger partial charge in [0.15, 0.2) is 0 Å². The minimum atomic E-state index is -0.299. The molecule has 0 aliphatic carbocycles. The maximum atomic E-state index is 12.0. The van der Waals surface area contributed by atoms with Gasteiger partial charge in [-0.05, 0) is 48.5 Å². The topological polar surface area (TPSA) is 55.3 Å². The molecule has 0 bridgehead atoms. The first-order chi connectivity index (χ1) is 11.2. The zero-order chi connectivity index (χ0) is 16.1. The number of methoxy groups -OCH3 is 1. The van der Waals surface area contributed by atoms with Gasteiger partial charge in [0.05, 0.1) is 7.11 Å². The van der Waals surface area contributed by atoms with Crippen LogP contribution in [0.1, 0.15) is 0 Å².